The minimum Gasteiger partial charge on any atom is -0.394 e. The maximum absolute atomic E-state index is 11.1. The number of halogens is 4. The molecule has 0 aromatic carbocycles. The second kappa shape index (κ2) is 19.1. The molecule has 5 aromatic rings. The van der Waals surface area contributed by atoms with Gasteiger partial charge in [-0.15, -0.1) is 0 Å². The number of aromatic nitrogens is 5. The van der Waals surface area contributed by atoms with E-state index in [0.29, 0.717) is 10.7 Å². The fraction of sp³-hybridized carbons (Fsp3) is 0.125. The van der Waals surface area contributed by atoms with Crippen molar-refractivity contribution in [3.63, 3.8) is 0 Å². The summed E-state index contributed by atoms with van der Waals surface area (Å²) < 4.78 is 9.51. The number of rotatable bonds is 2. The molecule has 0 saturated heterocycles. The van der Waals surface area contributed by atoms with Gasteiger partial charge in [-0.1, -0.05) is 23.7 Å². The molecule has 0 aliphatic heterocycles. The third-order valence-electron chi connectivity index (χ3n) is 4.28. The average Bonchev–Trinajstić information content (AvgIpc) is 2.95. The van der Waals surface area contributed by atoms with Gasteiger partial charge in [0, 0.05) is 41.8 Å². The number of nitrogens with zero attached hydrogens (tertiary/aromatic N) is 3. The lowest BCUT2D eigenvalue weighted by molar-refractivity contribution is 0.0450. The van der Waals surface area contributed by atoms with E-state index < -0.39 is 11.3 Å². The van der Waals surface area contributed by atoms with Crippen LogP contribution in [0.15, 0.2) is 89.1 Å². The predicted molar refractivity (Wildman–Crippen MR) is 164 cm³/mol. The first-order valence-corrected chi connectivity index (χ1v) is 16.0. The molecular weight excluding hydrogens is 641 g/mol. The van der Waals surface area contributed by atoms with Gasteiger partial charge < -0.3 is 31.0 Å². The van der Waals surface area contributed by atoms with Crippen molar-refractivity contribution >= 4 is 78.0 Å². The lowest BCUT2D eigenvalue weighted by atomic mass is 10.3. The van der Waals surface area contributed by atoms with Gasteiger partial charge in [-0.2, -0.15) is 0 Å². The minimum absolute atomic E-state index is 0.136. The van der Waals surface area contributed by atoms with E-state index in [0.717, 1.165) is 16.3 Å². The fourth-order valence-corrected chi connectivity index (χ4v) is 2.69. The van der Waals surface area contributed by atoms with Crippen LogP contribution in [-0.2, 0) is 4.57 Å². The number of H-pyrrole nitrogens is 2. The van der Waals surface area contributed by atoms with Gasteiger partial charge in [0.1, 0.15) is 17.1 Å². The van der Waals surface area contributed by atoms with E-state index in [1.807, 2.05) is 36.4 Å². The molecule has 0 aliphatic rings. The van der Waals surface area contributed by atoms with Gasteiger partial charge in [-0.05, 0) is 70.1 Å². The summed E-state index contributed by atoms with van der Waals surface area (Å²) in [6.45, 7) is -0.729. The van der Waals surface area contributed by atoms with Crippen molar-refractivity contribution in [2.75, 3.05) is 18.9 Å². The summed E-state index contributed by atoms with van der Waals surface area (Å²) in [7, 11) is 0. The molecule has 220 valence electrons. The zero-order chi connectivity index (χ0) is 30.8. The summed E-state index contributed by atoms with van der Waals surface area (Å²) >= 11 is 19.6. The topological polar surface area (TPSA) is 208 Å². The lowest BCUT2D eigenvalue weighted by Crippen LogP contribution is -2.15. The Morgan fingerprint density at radius 3 is 1.76 bits per heavy atom. The molecule has 7 N–H and O–H groups in total. The number of anilines is 1. The third kappa shape index (κ3) is 15.5. The molecule has 12 nitrogen and oxygen atoms in total. The van der Waals surface area contributed by atoms with Gasteiger partial charge >= 0.3 is 5.20 Å². The van der Waals surface area contributed by atoms with Crippen molar-refractivity contribution in [2.45, 2.75) is 6.10 Å². The van der Waals surface area contributed by atoms with Crippen LogP contribution < -0.4 is 16.9 Å². The van der Waals surface area contributed by atoms with Crippen LogP contribution in [0.2, 0.25) is 5.15 Å². The van der Waals surface area contributed by atoms with Crippen LogP contribution in [0.3, 0.4) is 0 Å². The third-order valence-corrected chi connectivity index (χ3v) is 4.55. The summed E-state index contributed by atoms with van der Waals surface area (Å²) in [6.07, 6.45) is 7.19. The number of nitrogens with two attached hydrogens (primary N) is 1. The monoisotopic (exact) mass is 664 g/mol. The van der Waals surface area contributed by atoms with Crippen LogP contribution in [0, 0.1) is 0 Å². The van der Waals surface area contributed by atoms with Crippen molar-refractivity contribution in [2.24, 2.45) is 0 Å². The molecule has 0 fully saturated rings. The van der Waals surface area contributed by atoms with E-state index in [4.69, 9.17) is 32.7 Å². The highest BCUT2D eigenvalue weighted by Crippen LogP contribution is 2.61. The standard InChI is InChI=1S/C8H5ClN2.C8H6N2O.C5H6N2O.C3H8O3.Cl3OP/c9-8-7-6(3-5-11-8)2-1-4-10-7;11-8-7-6(3-5-10-8)2-1-4-9-7;6-4-2-1-3-7-5(4)8;4-1-3(6)2-5;1-5(2,3)4/h1-5H;1-5H,(H,10,11);1-3H,6H2,(H,7,8);3-6H,1-2H2;. The number of aliphatic hydroxyl groups excluding tert-OH is 3. The van der Waals surface area contributed by atoms with Crippen LogP contribution in [0.1, 0.15) is 0 Å². The van der Waals surface area contributed by atoms with Crippen LogP contribution in [-0.4, -0.2) is 59.6 Å². The lowest BCUT2D eigenvalue weighted by Gasteiger charge is -1.96. The molecule has 0 atom stereocenters. The Morgan fingerprint density at radius 1 is 0.780 bits per heavy atom. The molecule has 0 saturated carbocycles. The Labute approximate surface area is 252 Å². The Hall–Kier alpha value is -3.06. The molecule has 41 heavy (non-hydrogen) atoms. The average molecular weight is 666 g/mol. The zero-order valence-electron chi connectivity index (χ0n) is 20.9. The smallest absolute Gasteiger partial charge is 0.339 e. The maximum Gasteiger partial charge on any atom is 0.339 e. The van der Waals surface area contributed by atoms with E-state index in [1.54, 1.807) is 43.1 Å². The van der Waals surface area contributed by atoms with E-state index in [9.17, 15) is 14.2 Å². The molecule has 0 amide bonds. The second-order valence-electron chi connectivity index (χ2n) is 7.30. The van der Waals surface area contributed by atoms with E-state index in [1.165, 1.54) is 0 Å². The Balaban J connectivity index is 0.000000266. The summed E-state index contributed by atoms with van der Waals surface area (Å²) in [4.78, 5) is 38.4. The van der Waals surface area contributed by atoms with E-state index in [2.05, 4.69) is 58.6 Å². The molecule has 5 aromatic heterocycles. The number of pyridine rings is 5. The van der Waals surface area contributed by atoms with Gasteiger partial charge in [-0.3, -0.25) is 24.1 Å². The van der Waals surface area contributed by atoms with Gasteiger partial charge in [0.25, 0.3) is 11.1 Å². The highest BCUT2D eigenvalue weighted by molar-refractivity contribution is 8.24. The molecule has 5 heterocycles. The first-order chi connectivity index (χ1) is 19.4. The molecule has 0 unspecified atom stereocenters. The predicted octanol–water partition coefficient (Wildman–Crippen LogP) is 4.31. The van der Waals surface area contributed by atoms with Crippen molar-refractivity contribution in [1.82, 2.24) is 24.9 Å². The van der Waals surface area contributed by atoms with E-state index >= 15 is 0 Å². The molecule has 0 bridgehead atoms. The van der Waals surface area contributed by atoms with Crippen molar-refractivity contribution < 1.29 is 19.9 Å². The normalized spacial score (nSPS) is 10.1. The summed E-state index contributed by atoms with van der Waals surface area (Å²) in [6, 6.07) is 14.4. The Bertz CT molecular complexity index is 1630. The molecule has 0 aliphatic carbocycles. The number of nitrogen functional groups attached to an aromatic ring is 1. The van der Waals surface area contributed by atoms with Gasteiger partial charge in [0.15, 0.2) is 5.15 Å². The number of fused-ring (bicyclic) bond motifs is 2. The first kappa shape index (κ1) is 36.0. The highest BCUT2D eigenvalue weighted by Gasteiger charge is 2.03. The van der Waals surface area contributed by atoms with Gasteiger partial charge in [0.2, 0.25) is 0 Å². The summed E-state index contributed by atoms with van der Waals surface area (Å²) in [5, 5.41) is 23.1. The van der Waals surface area contributed by atoms with Crippen LogP contribution in [0.4, 0.5) is 5.69 Å². The zero-order valence-corrected chi connectivity index (χ0v) is 24.9. The quantitative estimate of drug-likeness (QED) is 0.116. The molecule has 0 spiro atoms. The number of hydrogen-bond acceptors (Lipinski definition) is 10. The van der Waals surface area contributed by atoms with Crippen molar-refractivity contribution in [1.29, 1.82) is 0 Å². The van der Waals surface area contributed by atoms with Crippen LogP contribution in [0.5, 0.6) is 0 Å². The molecule has 0 radical (unpaired) electrons. The number of aliphatic hydroxyl groups is 3. The Kier molecular flexibility index (Phi) is 16.8. The largest absolute Gasteiger partial charge is 0.394 e. The summed E-state index contributed by atoms with van der Waals surface area (Å²) in [5.41, 5.74) is 6.32. The fourth-order valence-electron chi connectivity index (χ4n) is 2.48. The SMILES string of the molecule is Clc1nccc2cccnc12.Nc1ccc[nH]c1=O.O=P(Cl)(Cl)Cl.O=c1[nH]ccc2cccnc12.OCC(O)CO. The highest BCUT2D eigenvalue weighted by atomic mass is 36.0. The van der Waals surface area contributed by atoms with Crippen molar-refractivity contribution in [3.8, 4) is 0 Å². The number of nitrogens with one attached hydrogen (secondary N) is 2. The molecule has 5 rings (SSSR count). The van der Waals surface area contributed by atoms with E-state index in [-0.39, 0.29) is 30.0 Å². The van der Waals surface area contributed by atoms with Gasteiger partial charge in [-0.25, -0.2) is 4.98 Å². The number of hydrogen-bond donors (Lipinski definition) is 6. The van der Waals surface area contributed by atoms with Crippen molar-refractivity contribution in [3.05, 3.63) is 105 Å². The minimum atomic E-state index is -3.22. The van der Waals surface area contributed by atoms with Crippen LogP contribution in [0.25, 0.3) is 21.8 Å². The maximum atomic E-state index is 11.1. The second-order valence-corrected chi connectivity index (χ2v) is 14.3. The summed E-state index contributed by atoms with van der Waals surface area (Å²) in [5.74, 6) is 0. The Morgan fingerprint density at radius 2 is 1.32 bits per heavy atom. The molecule has 17 heteroatoms. The van der Waals surface area contributed by atoms with Gasteiger partial charge in [0.05, 0.1) is 18.9 Å². The van der Waals surface area contributed by atoms with Crippen LogP contribution >= 0.6 is 50.5 Å². The molecular formula is C24H25Cl4N6O6P. The first-order valence-electron chi connectivity index (χ1n) is 11.2. The number of aromatic amines is 2.